The van der Waals surface area contributed by atoms with E-state index < -0.39 is 29.0 Å². The molecule has 6 heteroatoms. The molecule has 1 aliphatic heterocycles. The first kappa shape index (κ1) is 14.8. The van der Waals surface area contributed by atoms with Crippen LogP contribution in [0.2, 0.25) is 0 Å². The van der Waals surface area contributed by atoms with Crippen LogP contribution in [0, 0.1) is 23.4 Å². The molecule has 0 aromatic heterocycles. The van der Waals surface area contributed by atoms with Gasteiger partial charge in [-0.2, -0.15) is 0 Å². The summed E-state index contributed by atoms with van der Waals surface area (Å²) in [6.45, 7) is 1.86. The van der Waals surface area contributed by atoms with Gasteiger partial charge in [-0.1, -0.05) is 0 Å². The molecule has 0 spiro atoms. The third-order valence-electron chi connectivity index (χ3n) is 3.45. The van der Waals surface area contributed by atoms with E-state index in [1.54, 1.807) is 0 Å². The Kier molecular flexibility index (Phi) is 5.00. The lowest BCUT2D eigenvalue weighted by Gasteiger charge is -2.22. The zero-order chi connectivity index (χ0) is 14.5. The van der Waals surface area contributed by atoms with Gasteiger partial charge in [-0.3, -0.25) is 4.79 Å². The number of hydrogen-bond donors (Lipinski definition) is 2. The average molecular weight is 286 g/mol. The molecule has 0 aliphatic carbocycles. The van der Waals surface area contributed by atoms with Crippen molar-refractivity contribution in [2.24, 2.45) is 5.92 Å². The van der Waals surface area contributed by atoms with E-state index >= 15 is 0 Å². The van der Waals surface area contributed by atoms with Crippen LogP contribution in [0.5, 0.6) is 0 Å². The summed E-state index contributed by atoms with van der Waals surface area (Å²) in [4.78, 5) is 11.7. The molecule has 1 aromatic rings. The molecule has 1 amide bonds. The maximum atomic E-state index is 13.4. The van der Waals surface area contributed by atoms with Crippen molar-refractivity contribution in [2.45, 2.75) is 25.7 Å². The van der Waals surface area contributed by atoms with Crippen LogP contribution in [-0.4, -0.2) is 19.0 Å². The van der Waals surface area contributed by atoms with E-state index in [-0.39, 0.29) is 6.42 Å². The minimum absolute atomic E-state index is 0.197. The van der Waals surface area contributed by atoms with Gasteiger partial charge in [0.25, 0.3) is 0 Å². The minimum atomic E-state index is -1.10. The van der Waals surface area contributed by atoms with E-state index in [0.29, 0.717) is 24.5 Å². The fourth-order valence-electron chi connectivity index (χ4n) is 2.37. The van der Waals surface area contributed by atoms with Gasteiger partial charge in [0.15, 0.2) is 11.6 Å². The highest BCUT2D eigenvalue weighted by atomic mass is 19.1. The molecule has 0 radical (unpaired) electrons. The van der Waals surface area contributed by atoms with Crippen LogP contribution < -0.4 is 10.6 Å². The first-order valence-electron chi connectivity index (χ1n) is 6.71. The molecule has 2 rings (SSSR count). The second kappa shape index (κ2) is 6.74. The van der Waals surface area contributed by atoms with E-state index in [1.165, 1.54) is 0 Å². The van der Waals surface area contributed by atoms with Gasteiger partial charge in [0.05, 0.1) is 0 Å². The molecule has 0 bridgehead atoms. The summed E-state index contributed by atoms with van der Waals surface area (Å²) in [5.74, 6) is -3.26. The van der Waals surface area contributed by atoms with Crippen LogP contribution in [0.4, 0.5) is 18.9 Å². The van der Waals surface area contributed by atoms with Crippen molar-refractivity contribution in [3.8, 4) is 0 Å². The van der Waals surface area contributed by atoms with E-state index in [4.69, 9.17) is 0 Å². The first-order valence-corrected chi connectivity index (χ1v) is 6.71. The standard InChI is InChI=1S/C14H17F3N2O/c15-10-6-11(16)14(12(17)7-10)19-13(20)4-3-9-2-1-5-18-8-9/h6-7,9,18H,1-5,8H2,(H,19,20). The zero-order valence-corrected chi connectivity index (χ0v) is 11.0. The molecular formula is C14H17F3N2O. The van der Waals surface area contributed by atoms with Crippen molar-refractivity contribution in [3.05, 3.63) is 29.6 Å². The number of carbonyl (C=O) groups excluding carboxylic acids is 1. The molecule has 3 nitrogen and oxygen atoms in total. The smallest absolute Gasteiger partial charge is 0.224 e. The second-order valence-corrected chi connectivity index (χ2v) is 5.04. The topological polar surface area (TPSA) is 41.1 Å². The van der Waals surface area contributed by atoms with Crippen molar-refractivity contribution in [2.75, 3.05) is 18.4 Å². The van der Waals surface area contributed by atoms with Gasteiger partial charge in [-0.15, -0.1) is 0 Å². The Labute approximate surface area is 115 Å². The Bertz CT molecular complexity index is 464. The van der Waals surface area contributed by atoms with Crippen molar-refractivity contribution >= 4 is 11.6 Å². The monoisotopic (exact) mass is 286 g/mol. The number of benzene rings is 1. The Morgan fingerprint density at radius 3 is 2.60 bits per heavy atom. The van der Waals surface area contributed by atoms with Gasteiger partial charge in [-0.05, 0) is 38.3 Å². The Morgan fingerprint density at radius 2 is 2.00 bits per heavy atom. The molecular weight excluding hydrogens is 269 g/mol. The molecule has 1 unspecified atom stereocenters. The Morgan fingerprint density at radius 1 is 1.30 bits per heavy atom. The summed E-state index contributed by atoms with van der Waals surface area (Å²) in [5.41, 5.74) is -0.585. The molecule has 0 saturated carbocycles. The summed E-state index contributed by atoms with van der Waals surface area (Å²) < 4.78 is 39.5. The molecule has 1 atom stereocenters. The van der Waals surface area contributed by atoms with E-state index in [2.05, 4.69) is 10.6 Å². The van der Waals surface area contributed by atoms with Gasteiger partial charge in [0, 0.05) is 18.6 Å². The lowest BCUT2D eigenvalue weighted by molar-refractivity contribution is -0.116. The van der Waals surface area contributed by atoms with E-state index in [0.717, 1.165) is 25.9 Å². The molecule has 1 fully saturated rings. The maximum Gasteiger partial charge on any atom is 0.224 e. The number of amides is 1. The van der Waals surface area contributed by atoms with Gasteiger partial charge < -0.3 is 10.6 Å². The number of piperidine rings is 1. The third-order valence-corrected chi connectivity index (χ3v) is 3.45. The fourth-order valence-corrected chi connectivity index (χ4v) is 2.37. The van der Waals surface area contributed by atoms with Crippen molar-refractivity contribution in [1.82, 2.24) is 5.32 Å². The second-order valence-electron chi connectivity index (χ2n) is 5.04. The zero-order valence-electron chi connectivity index (χ0n) is 11.0. The van der Waals surface area contributed by atoms with Crippen LogP contribution in [0.15, 0.2) is 12.1 Å². The van der Waals surface area contributed by atoms with Crippen LogP contribution in [0.1, 0.15) is 25.7 Å². The van der Waals surface area contributed by atoms with Gasteiger partial charge in [-0.25, -0.2) is 13.2 Å². The molecule has 20 heavy (non-hydrogen) atoms. The van der Waals surface area contributed by atoms with Crippen LogP contribution in [0.3, 0.4) is 0 Å². The SMILES string of the molecule is O=C(CCC1CCCNC1)Nc1c(F)cc(F)cc1F. The Hall–Kier alpha value is -1.56. The number of halogens is 3. The van der Waals surface area contributed by atoms with Crippen molar-refractivity contribution in [3.63, 3.8) is 0 Å². The van der Waals surface area contributed by atoms with E-state index in [1.807, 2.05) is 0 Å². The molecule has 110 valence electrons. The molecule has 1 saturated heterocycles. The number of rotatable bonds is 4. The normalized spacial score (nSPS) is 18.9. The fraction of sp³-hybridized carbons (Fsp3) is 0.500. The van der Waals surface area contributed by atoms with E-state index in [9.17, 15) is 18.0 Å². The number of carbonyl (C=O) groups is 1. The number of hydrogen-bond acceptors (Lipinski definition) is 2. The van der Waals surface area contributed by atoms with Crippen molar-refractivity contribution < 1.29 is 18.0 Å². The quantitative estimate of drug-likeness (QED) is 0.893. The molecule has 1 aromatic carbocycles. The summed E-state index contributed by atoms with van der Waals surface area (Å²) in [6.07, 6.45) is 3.00. The summed E-state index contributed by atoms with van der Waals surface area (Å²) in [5, 5.41) is 5.41. The highest BCUT2D eigenvalue weighted by Gasteiger charge is 2.17. The van der Waals surface area contributed by atoms with Gasteiger partial charge in [0.2, 0.25) is 5.91 Å². The number of nitrogens with one attached hydrogen (secondary N) is 2. The van der Waals surface area contributed by atoms with Gasteiger partial charge in [0.1, 0.15) is 11.5 Å². The van der Waals surface area contributed by atoms with Crippen molar-refractivity contribution in [1.29, 1.82) is 0 Å². The van der Waals surface area contributed by atoms with Crippen LogP contribution in [-0.2, 0) is 4.79 Å². The first-order chi connectivity index (χ1) is 9.56. The van der Waals surface area contributed by atoms with Gasteiger partial charge >= 0.3 is 0 Å². The predicted octanol–water partition coefficient (Wildman–Crippen LogP) is 2.82. The minimum Gasteiger partial charge on any atom is -0.321 e. The molecule has 2 N–H and O–H groups in total. The Balaban J connectivity index is 1.88. The maximum absolute atomic E-state index is 13.4. The highest BCUT2D eigenvalue weighted by Crippen LogP contribution is 2.21. The number of anilines is 1. The molecule has 1 aliphatic rings. The predicted molar refractivity (Wildman–Crippen MR) is 69.8 cm³/mol. The summed E-state index contributed by atoms with van der Waals surface area (Å²) in [6, 6.07) is 1.09. The average Bonchev–Trinajstić information content (AvgIpc) is 2.42. The van der Waals surface area contributed by atoms with Crippen LogP contribution >= 0.6 is 0 Å². The third kappa shape index (κ3) is 3.96. The summed E-state index contributed by atoms with van der Waals surface area (Å²) in [7, 11) is 0. The largest absolute Gasteiger partial charge is 0.321 e. The lowest BCUT2D eigenvalue weighted by atomic mass is 9.94. The molecule has 1 heterocycles. The highest BCUT2D eigenvalue weighted by molar-refractivity contribution is 5.90. The van der Waals surface area contributed by atoms with Crippen LogP contribution in [0.25, 0.3) is 0 Å². The summed E-state index contributed by atoms with van der Waals surface area (Å²) >= 11 is 0. The lowest BCUT2D eigenvalue weighted by Crippen LogP contribution is -2.30.